The van der Waals surface area contributed by atoms with Crippen molar-refractivity contribution in [1.82, 2.24) is 20.9 Å². The second kappa shape index (κ2) is 13.5. The monoisotopic (exact) mass is 445 g/mol. The maximum atomic E-state index is 12.8. The lowest BCUT2D eigenvalue weighted by molar-refractivity contribution is -0.136. The molecule has 0 heterocycles. The Morgan fingerprint density at radius 3 is 2.75 bits per heavy atom. The SMILES string of the molecule is CCNC(=O)CN(C)C(=O)C(NCCOc1c(C=N)cccc1CCCNC=O)C1CC1. The molecule has 0 aliphatic heterocycles. The molecule has 0 radical (unpaired) electrons. The molecule has 4 N–H and O–H groups in total. The molecule has 1 aliphatic carbocycles. The molecule has 32 heavy (non-hydrogen) atoms. The number of hydrogen-bond acceptors (Lipinski definition) is 6. The number of carbonyl (C=O) groups is 3. The summed E-state index contributed by atoms with van der Waals surface area (Å²) in [5, 5.41) is 16.3. The number of aryl methyl sites for hydroxylation is 1. The molecule has 9 heteroatoms. The smallest absolute Gasteiger partial charge is 0.240 e. The summed E-state index contributed by atoms with van der Waals surface area (Å²) in [6, 6.07) is 5.35. The molecule has 1 saturated carbocycles. The summed E-state index contributed by atoms with van der Waals surface area (Å²) in [5.41, 5.74) is 1.68. The van der Waals surface area contributed by atoms with Gasteiger partial charge in [-0.2, -0.15) is 0 Å². The van der Waals surface area contributed by atoms with Crippen LogP contribution in [0.5, 0.6) is 5.75 Å². The van der Waals surface area contributed by atoms with E-state index in [4.69, 9.17) is 10.1 Å². The first-order chi connectivity index (χ1) is 15.5. The molecule has 1 aromatic carbocycles. The van der Waals surface area contributed by atoms with Crippen LogP contribution in [-0.4, -0.2) is 75.2 Å². The van der Waals surface area contributed by atoms with Crippen LogP contribution in [0.25, 0.3) is 0 Å². The zero-order valence-electron chi connectivity index (χ0n) is 19.0. The van der Waals surface area contributed by atoms with E-state index in [-0.39, 0.29) is 30.3 Å². The third-order valence-electron chi connectivity index (χ3n) is 5.34. The lowest BCUT2D eigenvalue weighted by Crippen LogP contribution is -2.49. The number of hydrogen-bond donors (Lipinski definition) is 4. The van der Waals surface area contributed by atoms with Gasteiger partial charge in [0.15, 0.2) is 0 Å². The lowest BCUT2D eigenvalue weighted by atomic mass is 10.0. The zero-order valence-corrected chi connectivity index (χ0v) is 19.0. The maximum Gasteiger partial charge on any atom is 0.240 e. The molecule has 9 nitrogen and oxygen atoms in total. The van der Waals surface area contributed by atoms with Crippen molar-refractivity contribution in [2.75, 3.05) is 39.8 Å². The molecular weight excluding hydrogens is 410 g/mol. The highest BCUT2D eigenvalue weighted by Gasteiger charge is 2.37. The van der Waals surface area contributed by atoms with Crippen molar-refractivity contribution < 1.29 is 19.1 Å². The number of likely N-dealkylation sites (N-methyl/N-ethyl adjacent to an activating group) is 2. The number of rotatable bonds is 16. The van der Waals surface area contributed by atoms with Crippen LogP contribution >= 0.6 is 0 Å². The second-order valence-corrected chi connectivity index (χ2v) is 7.92. The predicted octanol–water partition coefficient (Wildman–Crippen LogP) is 0.704. The van der Waals surface area contributed by atoms with E-state index in [0.717, 1.165) is 31.2 Å². The van der Waals surface area contributed by atoms with Crippen LogP contribution < -0.4 is 20.7 Å². The summed E-state index contributed by atoms with van der Waals surface area (Å²) in [7, 11) is 1.65. The molecule has 0 bridgehead atoms. The van der Waals surface area contributed by atoms with Crippen LogP contribution in [0.3, 0.4) is 0 Å². The molecule has 176 valence electrons. The molecule has 1 aliphatic rings. The molecule has 1 aromatic rings. The molecule has 2 rings (SSSR count). The Hall–Kier alpha value is -2.94. The van der Waals surface area contributed by atoms with E-state index in [1.165, 1.54) is 11.1 Å². The quantitative estimate of drug-likeness (QED) is 0.169. The molecule has 1 unspecified atom stereocenters. The van der Waals surface area contributed by atoms with E-state index in [1.54, 1.807) is 7.05 Å². The maximum absolute atomic E-state index is 12.8. The Morgan fingerprint density at radius 1 is 1.31 bits per heavy atom. The van der Waals surface area contributed by atoms with Gasteiger partial charge in [-0.25, -0.2) is 0 Å². The van der Waals surface area contributed by atoms with Crippen LogP contribution in [0.15, 0.2) is 18.2 Å². The van der Waals surface area contributed by atoms with Crippen molar-refractivity contribution in [2.45, 2.75) is 38.6 Å². The fraction of sp³-hybridized carbons (Fsp3) is 0.565. The van der Waals surface area contributed by atoms with Gasteiger partial charge in [-0.15, -0.1) is 0 Å². The summed E-state index contributed by atoms with van der Waals surface area (Å²) in [5.74, 6) is 0.703. The zero-order chi connectivity index (χ0) is 23.3. The summed E-state index contributed by atoms with van der Waals surface area (Å²) in [4.78, 5) is 36.5. The van der Waals surface area contributed by atoms with Crippen molar-refractivity contribution in [3.05, 3.63) is 29.3 Å². The van der Waals surface area contributed by atoms with Crippen molar-refractivity contribution in [3.63, 3.8) is 0 Å². The van der Waals surface area contributed by atoms with Crippen LogP contribution in [0.1, 0.15) is 37.3 Å². The van der Waals surface area contributed by atoms with Crippen molar-refractivity contribution in [2.24, 2.45) is 5.92 Å². The molecule has 1 atom stereocenters. The summed E-state index contributed by atoms with van der Waals surface area (Å²) >= 11 is 0. The number of nitrogens with one attached hydrogen (secondary N) is 4. The third kappa shape index (κ3) is 7.96. The number of carbonyl (C=O) groups excluding carboxylic acids is 3. The Kier molecular flexibility index (Phi) is 10.7. The minimum atomic E-state index is -0.329. The first kappa shape index (κ1) is 25.3. The van der Waals surface area contributed by atoms with Gasteiger partial charge >= 0.3 is 0 Å². The Bertz CT molecular complexity index is 782. The molecule has 1 fully saturated rings. The van der Waals surface area contributed by atoms with E-state index < -0.39 is 0 Å². The van der Waals surface area contributed by atoms with Crippen molar-refractivity contribution >= 4 is 24.4 Å². The number of benzene rings is 1. The van der Waals surface area contributed by atoms with Crippen LogP contribution in [0.4, 0.5) is 0 Å². The van der Waals surface area contributed by atoms with Crippen LogP contribution in [0.2, 0.25) is 0 Å². The molecule has 0 aromatic heterocycles. The Balaban J connectivity index is 1.90. The van der Waals surface area contributed by atoms with Gasteiger partial charge in [0.1, 0.15) is 12.4 Å². The topological polar surface area (TPSA) is 124 Å². The average Bonchev–Trinajstić information content (AvgIpc) is 3.62. The summed E-state index contributed by atoms with van der Waals surface area (Å²) in [6.07, 6.45) is 5.43. The number of amides is 3. The highest BCUT2D eigenvalue weighted by atomic mass is 16.5. The first-order valence-corrected chi connectivity index (χ1v) is 11.2. The number of nitrogens with zero attached hydrogens (tertiary/aromatic N) is 1. The molecule has 0 spiro atoms. The van der Waals surface area contributed by atoms with E-state index in [1.807, 2.05) is 25.1 Å². The number of ether oxygens (including phenoxy) is 1. The van der Waals surface area contributed by atoms with Gasteiger partial charge in [0, 0.05) is 38.5 Å². The summed E-state index contributed by atoms with van der Waals surface area (Å²) < 4.78 is 6.01. The van der Waals surface area contributed by atoms with E-state index in [0.29, 0.717) is 44.0 Å². The van der Waals surface area contributed by atoms with Gasteiger partial charge in [0.2, 0.25) is 18.2 Å². The molecule has 3 amide bonds. The molecular formula is C23H35N5O4. The van der Waals surface area contributed by atoms with E-state index >= 15 is 0 Å². The van der Waals surface area contributed by atoms with Gasteiger partial charge in [-0.1, -0.05) is 12.1 Å². The minimum Gasteiger partial charge on any atom is -0.491 e. The van der Waals surface area contributed by atoms with Crippen molar-refractivity contribution in [1.29, 1.82) is 5.41 Å². The van der Waals surface area contributed by atoms with Gasteiger partial charge in [0.05, 0.1) is 12.6 Å². The average molecular weight is 446 g/mol. The standard InChI is InChI=1S/C23H35N5O4/c1-3-26-20(30)15-28(2)23(31)21(17-9-10-17)27-12-13-32-22-18(8-5-11-25-16-29)6-4-7-19(22)14-24/h4,6-7,14,16-17,21,24,27H,3,5,8-13,15H2,1-2H3,(H,25,29)(H,26,30). The predicted molar refractivity (Wildman–Crippen MR) is 123 cm³/mol. The van der Waals surface area contributed by atoms with Gasteiger partial charge in [0.25, 0.3) is 0 Å². The van der Waals surface area contributed by atoms with Gasteiger partial charge in [-0.05, 0) is 50.2 Å². The number of para-hydroxylation sites is 1. The highest BCUT2D eigenvalue weighted by molar-refractivity contribution is 5.87. The van der Waals surface area contributed by atoms with Gasteiger partial charge < -0.3 is 31.0 Å². The normalized spacial score (nSPS) is 13.7. The highest BCUT2D eigenvalue weighted by Crippen LogP contribution is 2.33. The van der Waals surface area contributed by atoms with Crippen LogP contribution in [-0.2, 0) is 20.8 Å². The lowest BCUT2D eigenvalue weighted by Gasteiger charge is -2.24. The minimum absolute atomic E-state index is 0.0447. The summed E-state index contributed by atoms with van der Waals surface area (Å²) in [6.45, 7) is 3.83. The third-order valence-corrected chi connectivity index (χ3v) is 5.34. The second-order valence-electron chi connectivity index (χ2n) is 7.92. The Labute approximate surface area is 189 Å². The van der Waals surface area contributed by atoms with E-state index in [2.05, 4.69) is 16.0 Å². The van der Waals surface area contributed by atoms with Crippen LogP contribution in [0, 0.1) is 11.3 Å². The fourth-order valence-corrected chi connectivity index (χ4v) is 3.57. The van der Waals surface area contributed by atoms with E-state index in [9.17, 15) is 14.4 Å². The first-order valence-electron chi connectivity index (χ1n) is 11.2. The van der Waals surface area contributed by atoms with Crippen molar-refractivity contribution in [3.8, 4) is 5.75 Å². The fourth-order valence-electron chi connectivity index (χ4n) is 3.57. The van der Waals surface area contributed by atoms with Gasteiger partial charge in [-0.3, -0.25) is 14.4 Å². The Morgan fingerprint density at radius 2 is 2.09 bits per heavy atom. The largest absolute Gasteiger partial charge is 0.491 e. The molecule has 0 saturated heterocycles.